The number of halogens is 1. The smallest absolute Gasteiger partial charge is 0.249 e. The Kier molecular flexibility index (Phi) is 5.03. The van der Waals surface area contributed by atoms with E-state index in [9.17, 15) is 4.79 Å². The molecule has 1 aliphatic rings. The monoisotopic (exact) mass is 344 g/mol. The fourth-order valence-corrected chi connectivity index (χ4v) is 3.20. The van der Waals surface area contributed by atoms with Crippen LogP contribution in [-0.4, -0.2) is 29.7 Å². The Hall–Kier alpha value is -1.78. The molecule has 2 aromatic carbocycles. The normalized spacial score (nSPS) is 17.0. The number of amides is 1. The van der Waals surface area contributed by atoms with Crippen LogP contribution in [0.15, 0.2) is 53.5 Å². The summed E-state index contributed by atoms with van der Waals surface area (Å²) in [7, 11) is 0. The molecule has 1 amide bonds. The fraction of sp³-hybridized carbons (Fsp3) is 0.222. The second-order valence-corrected chi connectivity index (χ2v) is 6.74. The number of carbonyl (C=O) groups is 1. The third kappa shape index (κ3) is 3.59. The first-order valence-corrected chi connectivity index (χ1v) is 9.19. The van der Waals surface area contributed by atoms with E-state index in [-0.39, 0.29) is 11.9 Å². The second kappa shape index (κ2) is 7.20. The minimum absolute atomic E-state index is 0.0615. The van der Waals surface area contributed by atoms with Crippen molar-refractivity contribution in [2.45, 2.75) is 12.5 Å². The number of rotatable bonds is 4. The van der Waals surface area contributed by atoms with Crippen molar-refractivity contribution < 1.29 is 4.79 Å². The van der Waals surface area contributed by atoms with Crippen molar-refractivity contribution in [2.24, 2.45) is 4.99 Å². The van der Waals surface area contributed by atoms with Gasteiger partial charge in [0.15, 0.2) is 0 Å². The molecule has 3 nitrogen and oxygen atoms in total. The van der Waals surface area contributed by atoms with Crippen LogP contribution >= 0.6 is 23.4 Å². The molecule has 0 aliphatic carbocycles. The highest BCUT2D eigenvalue weighted by atomic mass is 35.5. The van der Waals surface area contributed by atoms with Crippen molar-refractivity contribution in [1.29, 1.82) is 0 Å². The van der Waals surface area contributed by atoms with Gasteiger partial charge < -0.3 is 5.32 Å². The average Bonchev–Trinajstić information content (AvgIpc) is 2.70. The van der Waals surface area contributed by atoms with Crippen LogP contribution < -0.4 is 5.32 Å². The van der Waals surface area contributed by atoms with Gasteiger partial charge in [-0.25, -0.2) is 0 Å². The lowest BCUT2D eigenvalue weighted by Crippen LogP contribution is -2.26. The summed E-state index contributed by atoms with van der Waals surface area (Å²) in [4.78, 5) is 17.3. The van der Waals surface area contributed by atoms with Gasteiger partial charge in [0, 0.05) is 16.1 Å². The lowest BCUT2D eigenvalue weighted by molar-refractivity contribution is -0.117. The summed E-state index contributed by atoms with van der Waals surface area (Å²) in [5.74, 6) is 0.828. The Labute approximate surface area is 145 Å². The van der Waals surface area contributed by atoms with E-state index in [2.05, 4.69) is 5.32 Å². The number of anilines is 1. The van der Waals surface area contributed by atoms with Crippen LogP contribution in [0.4, 0.5) is 5.69 Å². The zero-order valence-corrected chi connectivity index (χ0v) is 14.3. The highest BCUT2D eigenvalue weighted by molar-refractivity contribution is 7.98. The molecule has 118 valence electrons. The summed E-state index contributed by atoms with van der Waals surface area (Å²) in [6.07, 6.45) is 2.75. The van der Waals surface area contributed by atoms with E-state index in [4.69, 9.17) is 16.6 Å². The molecule has 0 aromatic heterocycles. The number of carbonyl (C=O) groups excluding carboxylic acids is 1. The van der Waals surface area contributed by atoms with Crippen LogP contribution in [0, 0.1) is 0 Å². The quantitative estimate of drug-likeness (QED) is 0.900. The van der Waals surface area contributed by atoms with Crippen LogP contribution in [0.1, 0.15) is 17.5 Å². The van der Waals surface area contributed by atoms with E-state index >= 15 is 0 Å². The number of hydrogen-bond donors (Lipinski definition) is 1. The van der Waals surface area contributed by atoms with E-state index in [0.29, 0.717) is 11.4 Å². The SMILES string of the molecule is CSCC[C@@H]1N=C(c2ccccc2)c2cc(Cl)ccc2NC1=O. The highest BCUT2D eigenvalue weighted by Crippen LogP contribution is 2.28. The number of hydrogen-bond acceptors (Lipinski definition) is 3. The Morgan fingerprint density at radius 3 is 2.74 bits per heavy atom. The van der Waals surface area contributed by atoms with E-state index in [1.807, 2.05) is 48.7 Å². The van der Waals surface area contributed by atoms with Gasteiger partial charge >= 0.3 is 0 Å². The number of benzene rings is 2. The van der Waals surface area contributed by atoms with Gasteiger partial charge in [-0.3, -0.25) is 9.79 Å². The summed E-state index contributed by atoms with van der Waals surface area (Å²) >= 11 is 7.89. The summed E-state index contributed by atoms with van der Waals surface area (Å²) < 4.78 is 0. The molecule has 0 unspecified atom stereocenters. The number of fused-ring (bicyclic) bond motifs is 1. The van der Waals surface area contributed by atoms with Crippen molar-refractivity contribution >= 4 is 40.7 Å². The summed E-state index contributed by atoms with van der Waals surface area (Å²) in [5.41, 5.74) is 3.42. The summed E-state index contributed by atoms with van der Waals surface area (Å²) in [6, 6.07) is 15.0. The van der Waals surface area contributed by atoms with E-state index in [1.165, 1.54) is 0 Å². The minimum Gasteiger partial charge on any atom is -0.324 e. The Morgan fingerprint density at radius 2 is 2.00 bits per heavy atom. The van der Waals surface area contributed by atoms with Gasteiger partial charge in [-0.1, -0.05) is 41.9 Å². The minimum atomic E-state index is -0.385. The molecule has 0 saturated carbocycles. The highest BCUT2D eigenvalue weighted by Gasteiger charge is 2.25. The molecular formula is C18H17ClN2OS. The van der Waals surface area contributed by atoms with Crippen molar-refractivity contribution in [1.82, 2.24) is 0 Å². The average molecular weight is 345 g/mol. The molecule has 2 aromatic rings. The van der Waals surface area contributed by atoms with Gasteiger partial charge in [-0.2, -0.15) is 11.8 Å². The van der Waals surface area contributed by atoms with Crippen LogP contribution in [0.3, 0.4) is 0 Å². The number of nitrogens with one attached hydrogen (secondary N) is 1. The molecule has 5 heteroatoms. The number of nitrogens with zero attached hydrogens (tertiary/aromatic N) is 1. The lowest BCUT2D eigenvalue weighted by Gasteiger charge is -2.10. The first-order valence-electron chi connectivity index (χ1n) is 7.42. The molecule has 0 radical (unpaired) electrons. The largest absolute Gasteiger partial charge is 0.324 e. The third-order valence-corrected chi connectivity index (χ3v) is 4.60. The lowest BCUT2D eigenvalue weighted by atomic mass is 10.0. The zero-order valence-electron chi connectivity index (χ0n) is 12.8. The van der Waals surface area contributed by atoms with Gasteiger partial charge in [0.1, 0.15) is 6.04 Å². The maximum Gasteiger partial charge on any atom is 0.249 e. The third-order valence-electron chi connectivity index (χ3n) is 3.72. The Balaban J connectivity index is 2.13. The molecule has 3 rings (SSSR count). The molecule has 0 spiro atoms. The van der Waals surface area contributed by atoms with Crippen molar-refractivity contribution in [3.05, 3.63) is 64.7 Å². The van der Waals surface area contributed by atoms with Gasteiger partial charge in [-0.15, -0.1) is 0 Å². The van der Waals surface area contributed by atoms with Crippen LogP contribution in [0.2, 0.25) is 5.02 Å². The molecule has 1 N–H and O–H groups in total. The summed E-state index contributed by atoms with van der Waals surface area (Å²) in [5, 5.41) is 3.62. The summed E-state index contributed by atoms with van der Waals surface area (Å²) in [6.45, 7) is 0. The maximum atomic E-state index is 12.5. The number of benzodiazepines with no additional fused rings is 1. The van der Waals surface area contributed by atoms with Crippen molar-refractivity contribution in [3.8, 4) is 0 Å². The first kappa shape index (κ1) is 16.1. The predicted octanol–water partition coefficient (Wildman–Crippen LogP) is 4.25. The predicted molar refractivity (Wildman–Crippen MR) is 98.9 cm³/mol. The molecule has 0 fully saturated rings. The zero-order chi connectivity index (χ0) is 16.2. The van der Waals surface area contributed by atoms with Gasteiger partial charge in [0.05, 0.1) is 11.4 Å². The van der Waals surface area contributed by atoms with Crippen LogP contribution in [-0.2, 0) is 4.79 Å². The van der Waals surface area contributed by atoms with Crippen molar-refractivity contribution in [3.63, 3.8) is 0 Å². The number of aliphatic imine (C=N–C) groups is 1. The second-order valence-electron chi connectivity index (χ2n) is 5.32. The first-order chi connectivity index (χ1) is 11.2. The Bertz CT molecular complexity index is 746. The maximum absolute atomic E-state index is 12.5. The Morgan fingerprint density at radius 1 is 1.22 bits per heavy atom. The molecule has 0 saturated heterocycles. The molecule has 1 atom stereocenters. The van der Waals surface area contributed by atoms with Crippen molar-refractivity contribution in [2.75, 3.05) is 17.3 Å². The van der Waals surface area contributed by atoms with Gasteiger partial charge in [0.2, 0.25) is 5.91 Å². The van der Waals surface area contributed by atoms with Gasteiger partial charge in [0.25, 0.3) is 0 Å². The van der Waals surface area contributed by atoms with Crippen LogP contribution in [0.25, 0.3) is 0 Å². The van der Waals surface area contributed by atoms with E-state index < -0.39 is 0 Å². The van der Waals surface area contributed by atoms with E-state index in [0.717, 1.165) is 28.3 Å². The topological polar surface area (TPSA) is 41.5 Å². The van der Waals surface area contributed by atoms with Gasteiger partial charge in [-0.05, 0) is 36.6 Å². The molecular weight excluding hydrogens is 328 g/mol. The molecule has 1 aliphatic heterocycles. The molecule has 0 bridgehead atoms. The standard InChI is InChI=1S/C18H17ClN2OS/c1-23-10-9-16-18(22)21-15-8-7-13(19)11-14(15)17(20-16)12-5-3-2-4-6-12/h2-8,11,16H,9-10H2,1H3,(H,21,22)/t16-/m0/s1. The van der Waals surface area contributed by atoms with Crippen LogP contribution in [0.5, 0.6) is 0 Å². The number of thioether (sulfide) groups is 1. The fourth-order valence-electron chi connectivity index (χ4n) is 2.57. The molecule has 1 heterocycles. The molecule has 23 heavy (non-hydrogen) atoms. The van der Waals surface area contributed by atoms with E-state index in [1.54, 1.807) is 17.8 Å².